The topological polar surface area (TPSA) is 91.4 Å². The predicted molar refractivity (Wildman–Crippen MR) is 115 cm³/mol. The zero-order valence-corrected chi connectivity index (χ0v) is 16.9. The van der Waals surface area contributed by atoms with Crippen LogP contribution in [0.15, 0.2) is 72.0 Å². The van der Waals surface area contributed by atoms with Crippen molar-refractivity contribution in [1.82, 2.24) is 9.88 Å². The summed E-state index contributed by atoms with van der Waals surface area (Å²) < 4.78 is 0. The molecule has 8 heteroatoms. The van der Waals surface area contributed by atoms with E-state index in [-0.39, 0.29) is 24.1 Å². The van der Waals surface area contributed by atoms with E-state index >= 15 is 0 Å². The van der Waals surface area contributed by atoms with E-state index < -0.39 is 5.91 Å². The van der Waals surface area contributed by atoms with Crippen LogP contribution >= 0.6 is 11.3 Å². The van der Waals surface area contributed by atoms with Gasteiger partial charge in [-0.1, -0.05) is 12.1 Å². The third-order valence-electron chi connectivity index (χ3n) is 4.47. The van der Waals surface area contributed by atoms with Gasteiger partial charge in [-0.2, -0.15) is 0 Å². The van der Waals surface area contributed by atoms with E-state index in [1.807, 2.05) is 23.6 Å². The number of rotatable bonds is 6. The molecule has 0 saturated carbocycles. The number of benzene rings is 1. The van der Waals surface area contributed by atoms with Crippen molar-refractivity contribution in [1.29, 1.82) is 0 Å². The molecule has 0 saturated heterocycles. The van der Waals surface area contributed by atoms with Gasteiger partial charge in [-0.15, -0.1) is 11.3 Å². The van der Waals surface area contributed by atoms with Gasteiger partial charge in [-0.25, -0.2) is 0 Å². The van der Waals surface area contributed by atoms with E-state index in [0.29, 0.717) is 16.9 Å². The number of anilines is 2. The molecule has 0 radical (unpaired) electrons. The highest BCUT2D eigenvalue weighted by Crippen LogP contribution is 2.33. The Balaban J connectivity index is 1.64. The smallest absolute Gasteiger partial charge is 0.278 e. The van der Waals surface area contributed by atoms with Crippen LogP contribution < -0.4 is 10.6 Å². The molecule has 3 aromatic rings. The van der Waals surface area contributed by atoms with Crippen LogP contribution in [0.4, 0.5) is 11.4 Å². The Hall–Kier alpha value is -3.78. The van der Waals surface area contributed by atoms with Crippen LogP contribution in [0.5, 0.6) is 0 Å². The van der Waals surface area contributed by atoms with Gasteiger partial charge < -0.3 is 10.6 Å². The number of imide groups is 1. The summed E-state index contributed by atoms with van der Waals surface area (Å²) in [5, 5.41) is 7.66. The van der Waals surface area contributed by atoms with Crippen molar-refractivity contribution in [3.05, 3.63) is 82.4 Å². The Morgan fingerprint density at radius 1 is 1.03 bits per heavy atom. The number of carbonyl (C=O) groups is 3. The van der Waals surface area contributed by atoms with E-state index in [9.17, 15) is 14.4 Å². The fourth-order valence-electron chi connectivity index (χ4n) is 3.14. The molecule has 1 aliphatic heterocycles. The molecule has 0 bridgehead atoms. The number of pyridine rings is 1. The third-order valence-corrected chi connectivity index (χ3v) is 5.36. The normalized spacial score (nSPS) is 13.7. The zero-order chi connectivity index (χ0) is 21.1. The minimum Gasteiger partial charge on any atom is -0.350 e. The Morgan fingerprint density at radius 2 is 1.80 bits per heavy atom. The molecule has 3 amide bonds. The summed E-state index contributed by atoms with van der Waals surface area (Å²) in [7, 11) is 0. The van der Waals surface area contributed by atoms with Gasteiger partial charge in [0.2, 0.25) is 5.91 Å². The Bertz CT molecular complexity index is 1120. The van der Waals surface area contributed by atoms with Crippen molar-refractivity contribution >= 4 is 46.0 Å². The summed E-state index contributed by atoms with van der Waals surface area (Å²) in [6, 6.07) is 14.2. The number of hydrogen-bond acceptors (Lipinski definition) is 6. The number of amides is 3. The maximum absolute atomic E-state index is 13.2. The van der Waals surface area contributed by atoms with Gasteiger partial charge >= 0.3 is 0 Å². The lowest BCUT2D eigenvalue weighted by molar-refractivity contribution is -0.137. The van der Waals surface area contributed by atoms with Crippen LogP contribution in [0.25, 0.3) is 5.57 Å². The molecule has 2 aromatic heterocycles. The molecule has 0 aliphatic carbocycles. The van der Waals surface area contributed by atoms with Crippen molar-refractivity contribution < 1.29 is 14.4 Å². The Kier molecular flexibility index (Phi) is 5.40. The number of carbonyl (C=O) groups excluding carboxylic acids is 3. The molecule has 0 fully saturated rings. The van der Waals surface area contributed by atoms with Crippen LogP contribution in [0.1, 0.15) is 17.4 Å². The fraction of sp³-hybridized carbons (Fsp3) is 0.0909. The molecule has 0 atom stereocenters. The molecule has 1 aliphatic rings. The first-order valence-electron chi connectivity index (χ1n) is 9.21. The summed E-state index contributed by atoms with van der Waals surface area (Å²) in [5.41, 5.74) is 2.64. The zero-order valence-electron chi connectivity index (χ0n) is 16.1. The first-order valence-corrected chi connectivity index (χ1v) is 10.1. The van der Waals surface area contributed by atoms with Crippen molar-refractivity contribution in [3.63, 3.8) is 0 Å². The number of aromatic nitrogens is 1. The van der Waals surface area contributed by atoms with Gasteiger partial charge in [0, 0.05) is 35.6 Å². The minimum atomic E-state index is -0.391. The second kappa shape index (κ2) is 8.30. The fourth-order valence-corrected chi connectivity index (χ4v) is 3.91. The second-order valence-corrected chi connectivity index (χ2v) is 7.62. The molecule has 4 rings (SSSR count). The minimum absolute atomic E-state index is 0.146. The van der Waals surface area contributed by atoms with Gasteiger partial charge in [0.05, 0.1) is 12.1 Å². The highest BCUT2D eigenvalue weighted by molar-refractivity contribution is 7.11. The van der Waals surface area contributed by atoms with Crippen molar-refractivity contribution in [3.8, 4) is 0 Å². The number of hydrogen-bond donors (Lipinski definition) is 2. The largest absolute Gasteiger partial charge is 0.350 e. The van der Waals surface area contributed by atoms with Crippen molar-refractivity contribution in [2.75, 3.05) is 10.6 Å². The molecule has 30 heavy (non-hydrogen) atoms. The number of nitrogens with zero attached hydrogens (tertiary/aromatic N) is 2. The second-order valence-electron chi connectivity index (χ2n) is 6.67. The maximum Gasteiger partial charge on any atom is 0.278 e. The van der Waals surface area contributed by atoms with Crippen LogP contribution in [0, 0.1) is 0 Å². The Labute approximate surface area is 177 Å². The van der Waals surface area contributed by atoms with E-state index in [0.717, 1.165) is 10.4 Å². The van der Waals surface area contributed by atoms with Crippen LogP contribution in [-0.4, -0.2) is 27.6 Å². The highest BCUT2D eigenvalue weighted by atomic mass is 32.1. The standard InChI is InChI=1S/C22H18N4O3S/c1-14(27)24-16-6-8-17(9-7-16)25-20-19(18-5-3-11-30-18)21(28)26(22(20)29)13-15-4-2-10-23-12-15/h2-12,25H,13H2,1H3,(H,24,27). The summed E-state index contributed by atoms with van der Waals surface area (Å²) >= 11 is 1.40. The predicted octanol–water partition coefficient (Wildman–Crippen LogP) is 3.49. The summed E-state index contributed by atoms with van der Waals surface area (Å²) in [4.78, 5) is 43.5. The van der Waals surface area contributed by atoms with Crippen molar-refractivity contribution in [2.45, 2.75) is 13.5 Å². The van der Waals surface area contributed by atoms with E-state index in [2.05, 4.69) is 15.6 Å². The lowest BCUT2D eigenvalue weighted by Gasteiger charge is -2.15. The highest BCUT2D eigenvalue weighted by Gasteiger charge is 2.39. The van der Waals surface area contributed by atoms with Crippen molar-refractivity contribution in [2.24, 2.45) is 0 Å². The molecule has 1 aromatic carbocycles. The van der Waals surface area contributed by atoms with Crippen LogP contribution in [-0.2, 0) is 20.9 Å². The lowest BCUT2D eigenvalue weighted by atomic mass is 10.2. The number of thiophene rings is 1. The average Bonchev–Trinajstić information content (AvgIpc) is 3.33. The molecular weight excluding hydrogens is 400 g/mol. The quantitative estimate of drug-likeness (QED) is 0.598. The van der Waals surface area contributed by atoms with Crippen LogP contribution in [0.3, 0.4) is 0 Å². The van der Waals surface area contributed by atoms with Crippen LogP contribution in [0.2, 0.25) is 0 Å². The first kappa shape index (κ1) is 19.5. The summed E-state index contributed by atoms with van der Waals surface area (Å²) in [6.07, 6.45) is 3.28. The Morgan fingerprint density at radius 3 is 2.43 bits per heavy atom. The monoisotopic (exact) mass is 418 g/mol. The third kappa shape index (κ3) is 3.99. The van der Waals surface area contributed by atoms with Gasteiger partial charge in [-0.3, -0.25) is 24.3 Å². The molecule has 150 valence electrons. The van der Waals surface area contributed by atoms with Gasteiger partial charge in [0.15, 0.2) is 0 Å². The molecule has 7 nitrogen and oxygen atoms in total. The summed E-state index contributed by atoms with van der Waals surface area (Å²) in [5.74, 6) is -0.900. The lowest BCUT2D eigenvalue weighted by Crippen LogP contribution is -2.32. The van der Waals surface area contributed by atoms with Gasteiger partial charge in [0.1, 0.15) is 5.70 Å². The van der Waals surface area contributed by atoms with Gasteiger partial charge in [-0.05, 0) is 47.3 Å². The molecular formula is C22H18N4O3S. The molecule has 3 heterocycles. The van der Waals surface area contributed by atoms with Gasteiger partial charge in [0.25, 0.3) is 11.8 Å². The maximum atomic E-state index is 13.2. The molecule has 0 unspecified atom stereocenters. The van der Waals surface area contributed by atoms with E-state index in [4.69, 9.17) is 0 Å². The SMILES string of the molecule is CC(=O)Nc1ccc(NC2=C(c3cccs3)C(=O)N(Cc3cccnc3)C2=O)cc1. The molecule has 2 N–H and O–H groups in total. The first-order chi connectivity index (χ1) is 14.5. The summed E-state index contributed by atoms with van der Waals surface area (Å²) in [6.45, 7) is 1.58. The average molecular weight is 418 g/mol. The number of nitrogens with one attached hydrogen (secondary N) is 2. The van der Waals surface area contributed by atoms with E-state index in [1.165, 1.54) is 23.2 Å². The van der Waals surface area contributed by atoms with E-state index in [1.54, 1.807) is 42.7 Å². The molecule has 0 spiro atoms.